The molecular weight excluding hydrogens is 226 g/mol. The number of hydrogen-bond donors (Lipinski definition) is 1. The molecule has 2 fully saturated rings. The van der Waals surface area contributed by atoms with E-state index < -0.39 is 0 Å². The molecule has 2 aliphatic rings. The molecule has 4 nitrogen and oxygen atoms in total. The lowest BCUT2D eigenvalue weighted by molar-refractivity contribution is -0.137. The van der Waals surface area contributed by atoms with E-state index in [9.17, 15) is 4.79 Å². The van der Waals surface area contributed by atoms with Gasteiger partial charge in [0.25, 0.3) is 0 Å². The number of carbonyl (C=O) groups is 1. The summed E-state index contributed by atoms with van der Waals surface area (Å²) in [6.07, 6.45) is 4.76. The Kier molecular flexibility index (Phi) is 4.62. The van der Waals surface area contributed by atoms with Gasteiger partial charge in [-0.25, -0.2) is 0 Å². The van der Waals surface area contributed by atoms with Crippen LogP contribution in [-0.4, -0.2) is 54.0 Å². The third-order valence-electron chi connectivity index (χ3n) is 4.69. The van der Waals surface area contributed by atoms with Gasteiger partial charge in [-0.3, -0.25) is 9.69 Å². The van der Waals surface area contributed by atoms with Gasteiger partial charge in [0.15, 0.2) is 0 Å². The SMILES string of the molecule is CC1CCN(C(C)C(=O)N2CCCCC2)C1CN. The predicted octanol–water partition coefficient (Wildman–Crippen LogP) is 1.06. The molecule has 4 heteroatoms. The van der Waals surface area contributed by atoms with Crippen LogP contribution in [0.1, 0.15) is 39.5 Å². The maximum Gasteiger partial charge on any atom is 0.239 e. The Morgan fingerprint density at radius 2 is 1.94 bits per heavy atom. The van der Waals surface area contributed by atoms with E-state index in [0.717, 1.165) is 32.5 Å². The smallest absolute Gasteiger partial charge is 0.239 e. The minimum Gasteiger partial charge on any atom is -0.341 e. The summed E-state index contributed by atoms with van der Waals surface area (Å²) >= 11 is 0. The number of likely N-dealkylation sites (tertiary alicyclic amines) is 2. The molecule has 0 spiro atoms. The van der Waals surface area contributed by atoms with Crippen molar-refractivity contribution in [1.82, 2.24) is 9.80 Å². The fourth-order valence-electron chi connectivity index (χ4n) is 3.41. The zero-order chi connectivity index (χ0) is 13.1. The molecular formula is C14H27N3O. The van der Waals surface area contributed by atoms with Gasteiger partial charge in [-0.15, -0.1) is 0 Å². The van der Waals surface area contributed by atoms with Crippen molar-refractivity contribution in [3.8, 4) is 0 Å². The van der Waals surface area contributed by atoms with Crippen LogP contribution in [0.2, 0.25) is 0 Å². The summed E-state index contributed by atoms with van der Waals surface area (Å²) in [5.74, 6) is 0.925. The van der Waals surface area contributed by atoms with Crippen LogP contribution in [-0.2, 0) is 4.79 Å². The highest BCUT2D eigenvalue weighted by Gasteiger charge is 2.37. The first-order valence-corrected chi connectivity index (χ1v) is 7.39. The molecule has 0 aromatic carbocycles. The van der Waals surface area contributed by atoms with Crippen LogP contribution in [0.5, 0.6) is 0 Å². The van der Waals surface area contributed by atoms with Crippen molar-refractivity contribution in [2.75, 3.05) is 26.2 Å². The number of nitrogens with zero attached hydrogens (tertiary/aromatic N) is 2. The van der Waals surface area contributed by atoms with E-state index in [1.165, 1.54) is 12.8 Å². The van der Waals surface area contributed by atoms with E-state index in [0.29, 0.717) is 24.4 Å². The number of piperidine rings is 1. The van der Waals surface area contributed by atoms with Gasteiger partial charge in [0.05, 0.1) is 6.04 Å². The van der Waals surface area contributed by atoms with Crippen molar-refractivity contribution < 1.29 is 4.79 Å². The number of amides is 1. The Balaban J connectivity index is 1.97. The number of carbonyl (C=O) groups excluding carboxylic acids is 1. The van der Waals surface area contributed by atoms with Crippen LogP contribution in [0.25, 0.3) is 0 Å². The zero-order valence-electron chi connectivity index (χ0n) is 11.8. The van der Waals surface area contributed by atoms with Gasteiger partial charge in [-0.2, -0.15) is 0 Å². The molecule has 2 rings (SSSR count). The van der Waals surface area contributed by atoms with Crippen molar-refractivity contribution in [1.29, 1.82) is 0 Å². The number of hydrogen-bond acceptors (Lipinski definition) is 3. The van der Waals surface area contributed by atoms with E-state index >= 15 is 0 Å². The van der Waals surface area contributed by atoms with Gasteiger partial charge in [0.2, 0.25) is 5.91 Å². The third-order valence-corrected chi connectivity index (χ3v) is 4.69. The van der Waals surface area contributed by atoms with Gasteiger partial charge in [0.1, 0.15) is 0 Å². The molecule has 2 N–H and O–H groups in total. The second-order valence-electron chi connectivity index (χ2n) is 5.87. The fourth-order valence-corrected chi connectivity index (χ4v) is 3.41. The van der Waals surface area contributed by atoms with Crippen LogP contribution >= 0.6 is 0 Å². The van der Waals surface area contributed by atoms with Crippen molar-refractivity contribution in [3.63, 3.8) is 0 Å². The number of rotatable bonds is 3. The zero-order valence-corrected chi connectivity index (χ0v) is 11.8. The van der Waals surface area contributed by atoms with Crippen molar-refractivity contribution >= 4 is 5.91 Å². The summed E-state index contributed by atoms with van der Waals surface area (Å²) in [5.41, 5.74) is 5.86. The fraction of sp³-hybridized carbons (Fsp3) is 0.929. The van der Waals surface area contributed by atoms with Crippen LogP contribution in [0.15, 0.2) is 0 Å². The van der Waals surface area contributed by atoms with Crippen molar-refractivity contribution in [3.05, 3.63) is 0 Å². The summed E-state index contributed by atoms with van der Waals surface area (Å²) in [5, 5.41) is 0. The van der Waals surface area contributed by atoms with E-state index in [4.69, 9.17) is 5.73 Å². The van der Waals surface area contributed by atoms with Crippen molar-refractivity contribution in [2.24, 2.45) is 11.7 Å². The standard InChI is InChI=1S/C14H27N3O/c1-11-6-9-17(13(11)10-15)12(2)14(18)16-7-4-3-5-8-16/h11-13H,3-10,15H2,1-2H3. The maximum atomic E-state index is 12.5. The Labute approximate surface area is 110 Å². The average molecular weight is 253 g/mol. The molecule has 0 radical (unpaired) electrons. The molecule has 2 heterocycles. The summed E-state index contributed by atoms with van der Waals surface area (Å²) < 4.78 is 0. The molecule has 0 aromatic heterocycles. The first-order valence-electron chi connectivity index (χ1n) is 7.39. The van der Waals surface area contributed by atoms with Crippen molar-refractivity contribution in [2.45, 2.75) is 51.6 Å². The van der Waals surface area contributed by atoms with E-state index in [2.05, 4.69) is 18.7 Å². The predicted molar refractivity (Wildman–Crippen MR) is 73.2 cm³/mol. The summed E-state index contributed by atoms with van der Waals surface area (Å²) in [6.45, 7) is 7.87. The molecule has 104 valence electrons. The quantitative estimate of drug-likeness (QED) is 0.818. The second-order valence-corrected chi connectivity index (χ2v) is 5.87. The lowest BCUT2D eigenvalue weighted by Gasteiger charge is -2.35. The molecule has 3 atom stereocenters. The van der Waals surface area contributed by atoms with Crippen LogP contribution in [0.3, 0.4) is 0 Å². The highest BCUT2D eigenvalue weighted by molar-refractivity contribution is 5.81. The van der Waals surface area contributed by atoms with E-state index in [1.54, 1.807) is 0 Å². The molecule has 3 unspecified atom stereocenters. The summed E-state index contributed by atoms with van der Waals surface area (Å²) in [4.78, 5) is 16.9. The van der Waals surface area contributed by atoms with Gasteiger partial charge < -0.3 is 10.6 Å². The van der Waals surface area contributed by atoms with Gasteiger partial charge in [-0.05, 0) is 45.1 Å². The third kappa shape index (κ3) is 2.69. The first-order chi connectivity index (χ1) is 8.65. The van der Waals surface area contributed by atoms with Gasteiger partial charge in [-0.1, -0.05) is 6.92 Å². The van der Waals surface area contributed by atoms with Gasteiger partial charge in [0, 0.05) is 25.7 Å². The molecule has 2 saturated heterocycles. The Morgan fingerprint density at radius 3 is 2.56 bits per heavy atom. The summed E-state index contributed by atoms with van der Waals surface area (Å²) in [7, 11) is 0. The lowest BCUT2D eigenvalue weighted by atomic mass is 10.0. The first kappa shape index (κ1) is 13.8. The highest BCUT2D eigenvalue weighted by Crippen LogP contribution is 2.26. The minimum absolute atomic E-state index is 0.00148. The van der Waals surface area contributed by atoms with Crippen LogP contribution in [0, 0.1) is 5.92 Å². The Hall–Kier alpha value is -0.610. The maximum absolute atomic E-state index is 12.5. The molecule has 0 aromatic rings. The highest BCUT2D eigenvalue weighted by atomic mass is 16.2. The summed E-state index contributed by atoms with van der Waals surface area (Å²) in [6, 6.07) is 0.385. The molecule has 18 heavy (non-hydrogen) atoms. The second kappa shape index (κ2) is 6.02. The largest absolute Gasteiger partial charge is 0.341 e. The molecule has 2 aliphatic heterocycles. The lowest BCUT2D eigenvalue weighted by Crippen LogP contribution is -2.52. The molecule has 0 bridgehead atoms. The van der Waals surface area contributed by atoms with Crippen LogP contribution in [0.4, 0.5) is 0 Å². The molecule has 0 aliphatic carbocycles. The average Bonchev–Trinajstić information content (AvgIpc) is 2.79. The Bertz CT molecular complexity index is 289. The minimum atomic E-state index is 0.00148. The molecule has 1 amide bonds. The van der Waals surface area contributed by atoms with Gasteiger partial charge >= 0.3 is 0 Å². The monoisotopic (exact) mass is 253 g/mol. The van der Waals surface area contributed by atoms with Crippen LogP contribution < -0.4 is 5.73 Å². The number of nitrogens with two attached hydrogens (primary N) is 1. The normalized spacial score (nSPS) is 31.6. The van der Waals surface area contributed by atoms with E-state index in [-0.39, 0.29) is 6.04 Å². The van der Waals surface area contributed by atoms with E-state index in [1.807, 2.05) is 4.90 Å². The topological polar surface area (TPSA) is 49.6 Å². The Morgan fingerprint density at radius 1 is 1.28 bits per heavy atom. The molecule has 0 saturated carbocycles.